The maximum atomic E-state index is 12.9. The number of benzene rings is 2. The third-order valence-corrected chi connectivity index (χ3v) is 6.83. The van der Waals surface area contributed by atoms with Crippen LogP contribution in [0, 0.1) is 6.92 Å². The molecule has 0 spiro atoms. The molecule has 0 fully saturated rings. The zero-order chi connectivity index (χ0) is 26.8. The molecule has 8 heteroatoms. The van der Waals surface area contributed by atoms with Crippen LogP contribution in [0.25, 0.3) is 16.6 Å². The third kappa shape index (κ3) is 6.29. The quantitative estimate of drug-likeness (QED) is 0.226. The normalized spacial score (nSPS) is 12.4. The van der Waals surface area contributed by atoms with Gasteiger partial charge in [0.05, 0.1) is 16.1 Å². The molecule has 36 heavy (non-hydrogen) atoms. The van der Waals surface area contributed by atoms with E-state index in [1.165, 1.54) is 36.5 Å². The highest BCUT2D eigenvalue weighted by Gasteiger charge is 2.30. The molecule has 0 radical (unpaired) electrons. The summed E-state index contributed by atoms with van der Waals surface area (Å²) in [6.45, 7) is 10.6. The van der Waals surface area contributed by atoms with Gasteiger partial charge in [0.15, 0.2) is 17.2 Å². The fraction of sp³-hybridized carbons (Fsp3) is 0.321. The van der Waals surface area contributed by atoms with E-state index >= 15 is 0 Å². The van der Waals surface area contributed by atoms with Gasteiger partial charge < -0.3 is 4.74 Å². The standard InChI is InChI=1S/C28H28F3NO3S/c1-16(2)25-24(36-26(32-25)19-7-10-21(11-8-19)28(29,30)31)14-12-22(34)20-9-13-23(17(3)15-20)35-27(5,6)18(4)33/h7-16H,1-6H3/b14-12+. The summed E-state index contributed by atoms with van der Waals surface area (Å²) < 4.78 is 44.5. The molecule has 3 aromatic rings. The van der Waals surface area contributed by atoms with E-state index in [-0.39, 0.29) is 17.5 Å². The maximum Gasteiger partial charge on any atom is 0.416 e. The summed E-state index contributed by atoms with van der Waals surface area (Å²) in [7, 11) is 0. The molecule has 0 bridgehead atoms. The van der Waals surface area contributed by atoms with Crippen molar-refractivity contribution in [1.29, 1.82) is 0 Å². The van der Waals surface area contributed by atoms with Gasteiger partial charge in [-0.25, -0.2) is 4.98 Å². The van der Waals surface area contributed by atoms with Crippen LogP contribution < -0.4 is 4.74 Å². The summed E-state index contributed by atoms with van der Waals surface area (Å²) in [6, 6.07) is 9.93. The lowest BCUT2D eigenvalue weighted by molar-refractivity contribution is -0.137. The maximum absolute atomic E-state index is 12.9. The molecule has 0 amide bonds. The molecule has 1 heterocycles. The van der Waals surface area contributed by atoms with Crippen LogP contribution >= 0.6 is 11.3 Å². The number of allylic oxidation sites excluding steroid dienone is 1. The average molecular weight is 516 g/mol. The number of alkyl halides is 3. The Kier molecular flexibility index (Phi) is 7.88. The van der Waals surface area contributed by atoms with Gasteiger partial charge in [-0.2, -0.15) is 13.2 Å². The number of halogens is 3. The Balaban J connectivity index is 1.84. The Hall–Kier alpha value is -3.26. The zero-order valence-corrected chi connectivity index (χ0v) is 21.8. The van der Waals surface area contributed by atoms with E-state index in [2.05, 4.69) is 4.98 Å². The predicted molar refractivity (Wildman–Crippen MR) is 137 cm³/mol. The van der Waals surface area contributed by atoms with Crippen LogP contribution in [0.4, 0.5) is 13.2 Å². The van der Waals surface area contributed by atoms with Gasteiger partial charge in [0.25, 0.3) is 0 Å². The van der Waals surface area contributed by atoms with Crippen molar-refractivity contribution >= 4 is 29.0 Å². The molecule has 0 unspecified atom stereocenters. The van der Waals surface area contributed by atoms with Gasteiger partial charge >= 0.3 is 6.18 Å². The molecule has 190 valence electrons. The highest BCUT2D eigenvalue weighted by molar-refractivity contribution is 7.16. The predicted octanol–water partition coefficient (Wildman–Crippen LogP) is 7.90. The van der Waals surface area contributed by atoms with Gasteiger partial charge in [0.2, 0.25) is 0 Å². The number of ketones is 2. The number of aromatic nitrogens is 1. The zero-order valence-electron chi connectivity index (χ0n) is 21.0. The summed E-state index contributed by atoms with van der Waals surface area (Å²) >= 11 is 1.32. The summed E-state index contributed by atoms with van der Waals surface area (Å²) in [5.41, 5.74) is 0.865. The van der Waals surface area contributed by atoms with E-state index in [1.807, 2.05) is 20.8 Å². The van der Waals surface area contributed by atoms with Crippen molar-refractivity contribution in [3.05, 3.63) is 75.8 Å². The molecule has 0 aliphatic rings. The third-order valence-electron chi connectivity index (χ3n) is 5.75. The van der Waals surface area contributed by atoms with Gasteiger partial charge in [-0.3, -0.25) is 9.59 Å². The van der Waals surface area contributed by atoms with Crippen molar-refractivity contribution in [3.63, 3.8) is 0 Å². The van der Waals surface area contributed by atoms with Gasteiger partial charge in [-0.1, -0.05) is 26.0 Å². The minimum absolute atomic E-state index is 0.0579. The number of hydrogen-bond acceptors (Lipinski definition) is 5. The summed E-state index contributed by atoms with van der Waals surface area (Å²) in [5.74, 6) is 0.268. The van der Waals surface area contributed by atoms with E-state index in [9.17, 15) is 22.8 Å². The Morgan fingerprint density at radius 2 is 1.69 bits per heavy atom. The lowest BCUT2D eigenvalue weighted by Gasteiger charge is -2.24. The Bertz CT molecular complexity index is 1300. The summed E-state index contributed by atoms with van der Waals surface area (Å²) in [6.07, 6.45) is -1.24. The lowest BCUT2D eigenvalue weighted by Crippen LogP contribution is -2.36. The van der Waals surface area contributed by atoms with Crippen molar-refractivity contribution in [1.82, 2.24) is 4.98 Å². The van der Waals surface area contributed by atoms with E-state index < -0.39 is 17.3 Å². The molecule has 0 N–H and O–H groups in total. The van der Waals surface area contributed by atoms with Gasteiger partial charge in [-0.05, 0) is 81.7 Å². The number of rotatable bonds is 8. The van der Waals surface area contributed by atoms with Crippen molar-refractivity contribution in [2.45, 2.75) is 59.2 Å². The smallest absolute Gasteiger partial charge is 0.416 e. The first-order valence-corrected chi connectivity index (χ1v) is 12.2. The molecule has 2 aromatic carbocycles. The van der Waals surface area contributed by atoms with E-state index in [1.54, 1.807) is 38.1 Å². The van der Waals surface area contributed by atoms with Crippen LogP contribution in [0.15, 0.2) is 48.5 Å². The number of aryl methyl sites for hydroxylation is 1. The molecule has 4 nitrogen and oxygen atoms in total. The molecule has 1 aromatic heterocycles. The van der Waals surface area contributed by atoms with Crippen LogP contribution in [0.5, 0.6) is 5.75 Å². The Morgan fingerprint density at radius 3 is 2.22 bits per heavy atom. The van der Waals surface area contributed by atoms with Crippen molar-refractivity contribution in [3.8, 4) is 16.3 Å². The highest BCUT2D eigenvalue weighted by atomic mass is 32.1. The second-order valence-corrected chi connectivity index (χ2v) is 10.4. The molecule has 0 saturated heterocycles. The van der Waals surface area contributed by atoms with Gasteiger partial charge in [0, 0.05) is 11.1 Å². The van der Waals surface area contributed by atoms with Gasteiger partial charge in [-0.15, -0.1) is 11.3 Å². The van der Waals surface area contributed by atoms with E-state index in [0.717, 1.165) is 28.3 Å². The Labute approximate surface area is 212 Å². The molecular formula is C28H28F3NO3S. The number of carbonyl (C=O) groups is 2. The lowest BCUT2D eigenvalue weighted by atomic mass is 10.0. The molecule has 0 atom stereocenters. The first kappa shape index (κ1) is 27.3. The molecular weight excluding hydrogens is 487 g/mol. The summed E-state index contributed by atoms with van der Waals surface area (Å²) in [5, 5.41) is 0.588. The molecule has 3 rings (SSSR count). The van der Waals surface area contributed by atoms with Crippen LogP contribution in [0.1, 0.15) is 72.6 Å². The number of hydrogen-bond donors (Lipinski definition) is 0. The molecule has 0 aliphatic carbocycles. The monoisotopic (exact) mass is 515 g/mol. The van der Waals surface area contributed by atoms with Crippen molar-refractivity contribution in [2.75, 3.05) is 0 Å². The topological polar surface area (TPSA) is 56.3 Å². The minimum atomic E-state index is -4.40. The number of carbonyl (C=O) groups excluding carboxylic acids is 2. The number of Topliss-reactive ketones (excluding diaryl/α,β-unsaturated/α-hetero) is 1. The first-order valence-electron chi connectivity index (χ1n) is 11.4. The number of nitrogens with zero attached hydrogens (tertiary/aromatic N) is 1. The number of thiazole rings is 1. The fourth-order valence-corrected chi connectivity index (χ4v) is 4.44. The SMILES string of the molecule is CC(=O)C(C)(C)Oc1ccc(C(=O)/C=C/c2sc(-c3ccc(C(F)(F)F)cc3)nc2C(C)C)cc1C. The van der Waals surface area contributed by atoms with E-state index in [0.29, 0.717) is 21.9 Å². The average Bonchev–Trinajstić information content (AvgIpc) is 3.23. The Morgan fingerprint density at radius 1 is 1.06 bits per heavy atom. The first-order chi connectivity index (χ1) is 16.7. The fourth-order valence-electron chi connectivity index (χ4n) is 3.31. The van der Waals surface area contributed by atoms with Crippen molar-refractivity contribution < 1.29 is 27.5 Å². The van der Waals surface area contributed by atoms with Crippen molar-refractivity contribution in [2.24, 2.45) is 0 Å². The minimum Gasteiger partial charge on any atom is -0.480 e. The van der Waals surface area contributed by atoms with E-state index in [4.69, 9.17) is 4.74 Å². The van der Waals surface area contributed by atoms with Gasteiger partial charge in [0.1, 0.15) is 10.8 Å². The second kappa shape index (κ2) is 10.4. The largest absolute Gasteiger partial charge is 0.480 e. The molecule has 0 saturated carbocycles. The van der Waals surface area contributed by atoms with Crippen LogP contribution in [-0.2, 0) is 11.0 Å². The van der Waals surface area contributed by atoms with Crippen LogP contribution in [-0.4, -0.2) is 22.2 Å². The number of ether oxygens (including phenoxy) is 1. The van der Waals surface area contributed by atoms with Crippen LogP contribution in [0.2, 0.25) is 0 Å². The summed E-state index contributed by atoms with van der Waals surface area (Å²) in [4.78, 5) is 30.0. The second-order valence-electron chi connectivity index (χ2n) is 9.34. The van der Waals surface area contributed by atoms with Crippen LogP contribution in [0.3, 0.4) is 0 Å². The highest BCUT2D eigenvalue weighted by Crippen LogP contribution is 2.35. The molecule has 0 aliphatic heterocycles.